The predicted octanol–water partition coefficient (Wildman–Crippen LogP) is 3.44. The lowest BCUT2D eigenvalue weighted by Gasteiger charge is -2.29. The molecule has 2 atom stereocenters. The lowest BCUT2D eigenvalue weighted by Crippen LogP contribution is -2.42. The standard InChI is InChI=1S/C21H23N7/c22-15-6-2-4-8-17(15)27-21-25-11-14-19(28-21)13(10-24-20(14)23)18-9-12-5-1-3-7-16(12)26-18/h1,3,5,7,9-11,15,17,26H,2,4,6,8,22H2,(H2,23,24)(H,25,27,28)/t15-,17+/m0/s1. The van der Waals surface area contributed by atoms with Gasteiger partial charge in [0.2, 0.25) is 5.95 Å². The first-order chi connectivity index (χ1) is 13.7. The van der Waals surface area contributed by atoms with Gasteiger partial charge in [-0.3, -0.25) is 0 Å². The molecular weight excluding hydrogens is 350 g/mol. The van der Waals surface area contributed by atoms with Crippen molar-refractivity contribution < 1.29 is 0 Å². The normalized spacial score (nSPS) is 19.9. The van der Waals surface area contributed by atoms with Crippen LogP contribution in [0.4, 0.5) is 11.8 Å². The Morgan fingerprint density at radius 2 is 1.93 bits per heavy atom. The number of fused-ring (bicyclic) bond motifs is 2. The van der Waals surface area contributed by atoms with Gasteiger partial charge in [0.05, 0.1) is 16.6 Å². The summed E-state index contributed by atoms with van der Waals surface area (Å²) < 4.78 is 0. The van der Waals surface area contributed by atoms with Crippen LogP contribution in [-0.2, 0) is 0 Å². The van der Waals surface area contributed by atoms with Crippen LogP contribution in [0, 0.1) is 0 Å². The van der Waals surface area contributed by atoms with Gasteiger partial charge in [0, 0.05) is 40.9 Å². The summed E-state index contributed by atoms with van der Waals surface area (Å²) in [6, 6.07) is 10.6. The van der Waals surface area contributed by atoms with Gasteiger partial charge in [-0.05, 0) is 25.0 Å². The number of nitrogens with one attached hydrogen (secondary N) is 2. The Balaban J connectivity index is 1.59. The highest BCUT2D eigenvalue weighted by molar-refractivity contribution is 6.00. The number of pyridine rings is 1. The summed E-state index contributed by atoms with van der Waals surface area (Å²) in [7, 11) is 0. The fraction of sp³-hybridized carbons (Fsp3) is 0.286. The highest BCUT2D eigenvalue weighted by Gasteiger charge is 2.22. The molecule has 0 saturated heterocycles. The maximum atomic E-state index is 6.27. The van der Waals surface area contributed by atoms with E-state index in [-0.39, 0.29) is 12.1 Å². The first-order valence-corrected chi connectivity index (χ1v) is 9.70. The molecule has 7 nitrogen and oxygen atoms in total. The Morgan fingerprint density at radius 1 is 1.07 bits per heavy atom. The lowest BCUT2D eigenvalue weighted by molar-refractivity contribution is 0.402. The quantitative estimate of drug-likeness (QED) is 0.437. The van der Waals surface area contributed by atoms with E-state index in [2.05, 4.69) is 38.5 Å². The molecule has 142 valence electrons. The van der Waals surface area contributed by atoms with Gasteiger partial charge in [-0.15, -0.1) is 0 Å². The zero-order valence-electron chi connectivity index (χ0n) is 15.5. The van der Waals surface area contributed by atoms with Crippen LogP contribution in [0.2, 0.25) is 0 Å². The van der Waals surface area contributed by atoms with Gasteiger partial charge in [-0.25, -0.2) is 15.0 Å². The first-order valence-electron chi connectivity index (χ1n) is 9.70. The number of hydrogen-bond acceptors (Lipinski definition) is 6. The smallest absolute Gasteiger partial charge is 0.223 e. The maximum absolute atomic E-state index is 6.27. The number of anilines is 2. The van der Waals surface area contributed by atoms with Gasteiger partial charge >= 0.3 is 0 Å². The second-order valence-electron chi connectivity index (χ2n) is 7.48. The Kier molecular flexibility index (Phi) is 4.09. The van der Waals surface area contributed by atoms with E-state index in [1.54, 1.807) is 12.4 Å². The fourth-order valence-electron chi connectivity index (χ4n) is 4.03. The molecule has 5 rings (SSSR count). The van der Waals surface area contributed by atoms with Gasteiger partial charge in [-0.1, -0.05) is 31.0 Å². The Hall–Kier alpha value is -3.19. The number of nitrogens with two attached hydrogens (primary N) is 2. The molecule has 0 spiro atoms. The van der Waals surface area contributed by atoms with Crippen LogP contribution in [0.5, 0.6) is 0 Å². The van der Waals surface area contributed by atoms with Crippen molar-refractivity contribution in [3.8, 4) is 11.3 Å². The molecule has 4 aromatic rings. The molecule has 28 heavy (non-hydrogen) atoms. The lowest BCUT2D eigenvalue weighted by atomic mass is 9.91. The molecule has 3 heterocycles. The van der Waals surface area contributed by atoms with Crippen molar-refractivity contribution in [2.24, 2.45) is 5.73 Å². The molecule has 0 aliphatic heterocycles. The van der Waals surface area contributed by atoms with E-state index in [9.17, 15) is 0 Å². The topological polar surface area (TPSA) is 119 Å². The number of aromatic nitrogens is 4. The van der Waals surface area contributed by atoms with Gasteiger partial charge in [0.25, 0.3) is 0 Å². The number of benzene rings is 1. The second-order valence-corrected chi connectivity index (χ2v) is 7.48. The number of aromatic amines is 1. The third kappa shape index (κ3) is 2.93. The highest BCUT2D eigenvalue weighted by Crippen LogP contribution is 2.31. The average molecular weight is 373 g/mol. The molecule has 0 bridgehead atoms. The van der Waals surface area contributed by atoms with Crippen molar-refractivity contribution in [3.05, 3.63) is 42.7 Å². The Morgan fingerprint density at radius 3 is 2.79 bits per heavy atom. The summed E-state index contributed by atoms with van der Waals surface area (Å²) >= 11 is 0. The van der Waals surface area contributed by atoms with Crippen LogP contribution >= 0.6 is 0 Å². The zero-order valence-corrected chi connectivity index (χ0v) is 15.5. The number of H-pyrrole nitrogens is 1. The summed E-state index contributed by atoms with van der Waals surface area (Å²) in [5, 5.41) is 5.32. The van der Waals surface area contributed by atoms with Crippen molar-refractivity contribution >= 4 is 33.6 Å². The van der Waals surface area contributed by atoms with Gasteiger partial charge in [-0.2, -0.15) is 0 Å². The predicted molar refractivity (Wildman–Crippen MR) is 113 cm³/mol. The number of hydrogen-bond donors (Lipinski definition) is 4. The third-order valence-corrected chi connectivity index (χ3v) is 5.61. The monoisotopic (exact) mass is 373 g/mol. The summed E-state index contributed by atoms with van der Waals surface area (Å²) in [6.45, 7) is 0. The minimum absolute atomic E-state index is 0.128. The molecular formula is C21H23N7. The number of rotatable bonds is 3. The molecule has 1 saturated carbocycles. The minimum Gasteiger partial charge on any atom is -0.383 e. The van der Waals surface area contributed by atoms with E-state index < -0.39 is 0 Å². The van der Waals surface area contributed by atoms with Crippen LogP contribution in [0.3, 0.4) is 0 Å². The minimum atomic E-state index is 0.128. The molecule has 7 heteroatoms. The van der Waals surface area contributed by atoms with E-state index in [0.717, 1.165) is 45.9 Å². The molecule has 0 radical (unpaired) electrons. The van der Waals surface area contributed by atoms with E-state index in [0.29, 0.717) is 11.8 Å². The SMILES string of the molecule is Nc1ncc(-c2cc3ccccc3[nH]2)c2nc(N[C@@H]3CCCC[C@@H]3N)ncc12. The van der Waals surface area contributed by atoms with E-state index in [1.807, 2.05) is 12.1 Å². The van der Waals surface area contributed by atoms with Crippen LogP contribution in [0.15, 0.2) is 42.7 Å². The van der Waals surface area contributed by atoms with Gasteiger partial charge in [0.15, 0.2) is 0 Å². The van der Waals surface area contributed by atoms with Gasteiger partial charge in [0.1, 0.15) is 5.82 Å². The van der Waals surface area contributed by atoms with Crippen molar-refractivity contribution in [1.29, 1.82) is 0 Å². The molecule has 1 aliphatic rings. The van der Waals surface area contributed by atoms with Crippen LogP contribution in [0.1, 0.15) is 25.7 Å². The number of para-hydroxylation sites is 1. The zero-order chi connectivity index (χ0) is 19.1. The summed E-state index contributed by atoms with van der Waals surface area (Å²) in [5.74, 6) is 1.01. The van der Waals surface area contributed by atoms with Crippen LogP contribution in [0.25, 0.3) is 33.1 Å². The molecule has 1 fully saturated rings. The van der Waals surface area contributed by atoms with Crippen molar-refractivity contribution in [3.63, 3.8) is 0 Å². The molecule has 0 unspecified atom stereocenters. The molecule has 1 aliphatic carbocycles. The summed E-state index contributed by atoms with van der Waals surface area (Å²) in [4.78, 5) is 17.1. The molecule has 3 aromatic heterocycles. The fourth-order valence-corrected chi connectivity index (χ4v) is 4.03. The van der Waals surface area contributed by atoms with E-state index in [1.165, 1.54) is 12.8 Å². The summed E-state index contributed by atoms with van der Waals surface area (Å²) in [5.41, 5.74) is 16.1. The molecule has 6 N–H and O–H groups in total. The summed E-state index contributed by atoms with van der Waals surface area (Å²) in [6.07, 6.45) is 7.94. The van der Waals surface area contributed by atoms with E-state index >= 15 is 0 Å². The van der Waals surface area contributed by atoms with E-state index in [4.69, 9.17) is 16.5 Å². The maximum Gasteiger partial charge on any atom is 0.223 e. The van der Waals surface area contributed by atoms with Crippen molar-refractivity contribution in [1.82, 2.24) is 19.9 Å². The number of nitrogens with zero attached hydrogens (tertiary/aromatic N) is 3. The van der Waals surface area contributed by atoms with Crippen molar-refractivity contribution in [2.75, 3.05) is 11.1 Å². The average Bonchev–Trinajstić information content (AvgIpc) is 3.14. The molecule has 0 amide bonds. The van der Waals surface area contributed by atoms with Gasteiger partial charge < -0.3 is 21.8 Å². The third-order valence-electron chi connectivity index (χ3n) is 5.61. The first kappa shape index (κ1) is 16.9. The Labute approximate surface area is 162 Å². The largest absolute Gasteiger partial charge is 0.383 e. The highest BCUT2D eigenvalue weighted by atomic mass is 15.1. The van der Waals surface area contributed by atoms with Crippen LogP contribution in [-0.4, -0.2) is 32.0 Å². The molecule has 1 aromatic carbocycles. The second kappa shape index (κ2) is 6.76. The van der Waals surface area contributed by atoms with Crippen LogP contribution < -0.4 is 16.8 Å². The Bertz CT molecular complexity index is 1120. The van der Waals surface area contributed by atoms with Crippen molar-refractivity contribution in [2.45, 2.75) is 37.8 Å². The number of nitrogen functional groups attached to an aromatic ring is 1.